The van der Waals surface area contributed by atoms with Gasteiger partial charge in [0.2, 0.25) is 0 Å². The van der Waals surface area contributed by atoms with Crippen LogP contribution in [-0.4, -0.2) is 24.7 Å². The first kappa shape index (κ1) is 19.4. The van der Waals surface area contributed by atoms with Crippen LogP contribution in [-0.2, 0) is 26.7 Å². The third-order valence-corrected chi connectivity index (χ3v) is 6.13. The van der Waals surface area contributed by atoms with Crippen LogP contribution in [0.2, 0.25) is 0 Å². The number of nitrogens with zero attached hydrogens (tertiary/aromatic N) is 4. The number of halogens is 1. The highest BCUT2D eigenvalue weighted by atomic mass is 32.2. The highest BCUT2D eigenvalue weighted by Gasteiger charge is 2.23. The van der Waals surface area contributed by atoms with E-state index < -0.39 is 5.82 Å². The number of hydrogen-bond acceptors (Lipinski definition) is 6. The molecule has 0 saturated carbocycles. The molecule has 0 aromatic carbocycles. The lowest BCUT2D eigenvalue weighted by Crippen LogP contribution is -2.26. The molecule has 29 heavy (non-hydrogen) atoms. The minimum Gasteiger partial charge on any atom is -0.397 e. The van der Waals surface area contributed by atoms with Crippen molar-refractivity contribution >= 4 is 23.5 Å². The Bertz CT molecular complexity index is 1060. The van der Waals surface area contributed by atoms with E-state index in [2.05, 4.69) is 19.6 Å². The zero-order valence-electron chi connectivity index (χ0n) is 16.1. The van der Waals surface area contributed by atoms with Crippen LogP contribution in [0.3, 0.4) is 0 Å². The van der Waals surface area contributed by atoms with Crippen molar-refractivity contribution < 1.29 is 9.18 Å². The molecular formula is C20H21FN6OS. The zero-order chi connectivity index (χ0) is 20.5. The van der Waals surface area contributed by atoms with Gasteiger partial charge in [0.25, 0.3) is 5.91 Å². The van der Waals surface area contributed by atoms with Gasteiger partial charge in [-0.1, -0.05) is 0 Å². The fourth-order valence-corrected chi connectivity index (χ4v) is 4.36. The molecular weight excluding hydrogens is 391 g/mol. The fourth-order valence-electron chi connectivity index (χ4n) is 3.24. The van der Waals surface area contributed by atoms with Crippen molar-refractivity contribution in [2.75, 3.05) is 5.73 Å². The molecule has 1 aliphatic rings. The van der Waals surface area contributed by atoms with Gasteiger partial charge in [-0.3, -0.25) is 14.8 Å². The number of nitrogen functional groups attached to an aromatic ring is 1. The second kappa shape index (κ2) is 7.84. The number of carbonyl (C=O) groups is 1. The molecule has 7 nitrogen and oxygen atoms in total. The highest BCUT2D eigenvalue weighted by Crippen LogP contribution is 2.35. The maximum atomic E-state index is 13.9. The van der Waals surface area contributed by atoms with Crippen molar-refractivity contribution in [1.82, 2.24) is 24.2 Å². The molecule has 0 saturated heterocycles. The molecule has 0 bridgehead atoms. The Hall–Kier alpha value is -2.91. The molecule has 3 aromatic rings. The van der Waals surface area contributed by atoms with E-state index in [-0.39, 0.29) is 23.8 Å². The molecule has 9 heteroatoms. The van der Waals surface area contributed by atoms with Crippen LogP contribution < -0.4 is 11.1 Å². The number of nitrogens with one attached hydrogen (secondary N) is 1. The van der Waals surface area contributed by atoms with Gasteiger partial charge < -0.3 is 15.6 Å². The number of nitrogens with two attached hydrogens (primary N) is 1. The summed E-state index contributed by atoms with van der Waals surface area (Å²) in [6.45, 7) is 3.61. The molecule has 150 valence electrons. The normalized spacial score (nSPS) is 13.5. The molecule has 4 heterocycles. The second-order valence-electron chi connectivity index (χ2n) is 6.95. The molecule has 0 radical (unpaired) electrons. The molecule has 4 rings (SSSR count). The first-order chi connectivity index (χ1) is 13.9. The predicted octanol–water partition coefficient (Wildman–Crippen LogP) is 2.80. The van der Waals surface area contributed by atoms with E-state index in [1.165, 1.54) is 23.4 Å². The van der Waals surface area contributed by atoms with Gasteiger partial charge in [-0.25, -0.2) is 8.70 Å². The quantitative estimate of drug-likeness (QED) is 0.627. The first-order valence-corrected chi connectivity index (χ1v) is 9.89. The Morgan fingerprint density at radius 3 is 2.86 bits per heavy atom. The molecule has 1 aliphatic heterocycles. The molecule has 0 fully saturated rings. The molecule has 1 amide bonds. The molecule has 3 N–H and O–H groups in total. The predicted molar refractivity (Wildman–Crippen MR) is 109 cm³/mol. The Morgan fingerprint density at radius 2 is 2.10 bits per heavy atom. The number of carbonyl (C=O) groups excluding carboxylic acids is 1. The lowest BCUT2D eigenvalue weighted by molar-refractivity contribution is 0.0941. The van der Waals surface area contributed by atoms with Crippen molar-refractivity contribution in [2.45, 2.75) is 31.5 Å². The zero-order valence-corrected chi connectivity index (χ0v) is 17.0. The Labute approximate surface area is 172 Å². The van der Waals surface area contributed by atoms with Crippen molar-refractivity contribution in [2.24, 2.45) is 7.05 Å². The van der Waals surface area contributed by atoms with Gasteiger partial charge in [0, 0.05) is 49.2 Å². The fraction of sp³-hybridized carbons (Fsp3) is 0.250. The van der Waals surface area contributed by atoms with Crippen LogP contribution in [0.1, 0.15) is 33.0 Å². The summed E-state index contributed by atoms with van der Waals surface area (Å²) in [5.41, 5.74) is 9.91. The van der Waals surface area contributed by atoms with Crippen LogP contribution in [0.4, 0.5) is 10.1 Å². The summed E-state index contributed by atoms with van der Waals surface area (Å²) in [4.78, 5) is 21.8. The number of fused-ring (bicyclic) bond motifs is 1. The Balaban J connectivity index is 1.44. The number of hydrogen-bond donors (Lipinski definition) is 2. The average molecular weight is 412 g/mol. The van der Waals surface area contributed by atoms with Crippen LogP contribution in [0.15, 0.2) is 41.7 Å². The van der Waals surface area contributed by atoms with Crippen molar-refractivity contribution in [3.8, 4) is 0 Å². The van der Waals surface area contributed by atoms with Gasteiger partial charge in [-0.05, 0) is 42.1 Å². The van der Waals surface area contributed by atoms with Crippen molar-refractivity contribution in [3.63, 3.8) is 0 Å². The van der Waals surface area contributed by atoms with Crippen LogP contribution in [0, 0.1) is 12.7 Å². The van der Waals surface area contributed by atoms with E-state index >= 15 is 0 Å². The summed E-state index contributed by atoms with van der Waals surface area (Å²) in [5, 5.41) is 2.73. The van der Waals surface area contributed by atoms with Gasteiger partial charge in [0.05, 0.1) is 24.1 Å². The summed E-state index contributed by atoms with van der Waals surface area (Å²) in [7, 11) is 1.85. The minimum atomic E-state index is -0.535. The molecule has 0 spiro atoms. The van der Waals surface area contributed by atoms with Gasteiger partial charge in [-0.2, -0.15) is 0 Å². The SMILES string of the molecule is Cc1c(SN2Cc3ccncc3C2)cc(C(=O)NCc2ncc(N)cc2F)n1C. The van der Waals surface area contributed by atoms with Gasteiger partial charge in [0.15, 0.2) is 0 Å². The smallest absolute Gasteiger partial charge is 0.268 e. The monoisotopic (exact) mass is 412 g/mol. The van der Waals surface area contributed by atoms with E-state index in [1.807, 2.05) is 43.1 Å². The Kier molecular flexibility index (Phi) is 5.25. The Morgan fingerprint density at radius 1 is 1.31 bits per heavy atom. The number of amides is 1. The molecule has 0 aliphatic carbocycles. The number of pyridine rings is 2. The maximum Gasteiger partial charge on any atom is 0.268 e. The summed E-state index contributed by atoms with van der Waals surface area (Å²) >= 11 is 1.62. The lowest BCUT2D eigenvalue weighted by atomic mass is 10.2. The van der Waals surface area contributed by atoms with E-state index in [0.29, 0.717) is 5.69 Å². The van der Waals surface area contributed by atoms with Crippen molar-refractivity contribution in [1.29, 1.82) is 0 Å². The van der Waals surface area contributed by atoms with Crippen molar-refractivity contribution in [3.05, 3.63) is 70.8 Å². The largest absolute Gasteiger partial charge is 0.397 e. The van der Waals surface area contributed by atoms with E-state index in [4.69, 9.17) is 5.73 Å². The summed E-state index contributed by atoms with van der Waals surface area (Å²) in [6.07, 6.45) is 5.08. The van der Waals surface area contributed by atoms with E-state index in [1.54, 1.807) is 11.9 Å². The van der Waals surface area contributed by atoms with Crippen LogP contribution >= 0.6 is 11.9 Å². The topological polar surface area (TPSA) is 89.1 Å². The lowest BCUT2D eigenvalue weighted by Gasteiger charge is -2.13. The molecule has 0 atom stereocenters. The van der Waals surface area contributed by atoms with Gasteiger partial charge in [0.1, 0.15) is 11.5 Å². The number of anilines is 1. The summed E-state index contributed by atoms with van der Waals surface area (Å²) < 4.78 is 18.0. The van der Waals surface area contributed by atoms with Crippen LogP contribution in [0.25, 0.3) is 0 Å². The molecule has 0 unspecified atom stereocenters. The summed E-state index contributed by atoms with van der Waals surface area (Å²) in [5.74, 6) is -0.818. The van der Waals surface area contributed by atoms with Gasteiger partial charge >= 0.3 is 0 Å². The number of aromatic nitrogens is 3. The van der Waals surface area contributed by atoms with E-state index in [0.717, 1.165) is 23.7 Å². The maximum absolute atomic E-state index is 13.9. The van der Waals surface area contributed by atoms with E-state index in [9.17, 15) is 9.18 Å². The van der Waals surface area contributed by atoms with Crippen LogP contribution in [0.5, 0.6) is 0 Å². The van der Waals surface area contributed by atoms with Gasteiger partial charge in [-0.15, -0.1) is 0 Å². The standard InChI is InChI=1S/C20H21FN6OS/c1-12-19(29-27-10-13-3-4-23-7-14(13)11-27)6-18(26(12)2)20(28)25-9-17-16(21)5-15(22)8-24-17/h3-8H,9-11,22H2,1-2H3,(H,25,28). The average Bonchev–Trinajstić information content (AvgIpc) is 3.23. The third-order valence-electron chi connectivity index (χ3n) is 5.00. The number of rotatable bonds is 5. The minimum absolute atomic E-state index is 0.00785. The highest BCUT2D eigenvalue weighted by molar-refractivity contribution is 7.97. The third kappa shape index (κ3) is 3.96. The second-order valence-corrected chi connectivity index (χ2v) is 8.09. The molecule has 3 aromatic heterocycles. The first-order valence-electron chi connectivity index (χ1n) is 9.11. The summed E-state index contributed by atoms with van der Waals surface area (Å²) in [6, 6.07) is 5.10.